The first-order valence-electron chi connectivity index (χ1n) is 11.4. The Labute approximate surface area is 213 Å². The molecule has 174 valence electrons. The Hall–Kier alpha value is -3.45. The van der Waals surface area contributed by atoms with E-state index in [-0.39, 0.29) is 11.9 Å². The summed E-state index contributed by atoms with van der Waals surface area (Å²) in [5.74, 6) is -0.118. The van der Waals surface area contributed by atoms with Crippen molar-refractivity contribution < 1.29 is 4.79 Å². The predicted molar refractivity (Wildman–Crippen MR) is 147 cm³/mol. The van der Waals surface area contributed by atoms with E-state index >= 15 is 0 Å². The first kappa shape index (κ1) is 23.3. The molecule has 0 radical (unpaired) electrons. The van der Waals surface area contributed by atoms with Gasteiger partial charge in [-0.2, -0.15) is 0 Å². The number of rotatable bonds is 8. The van der Waals surface area contributed by atoms with Gasteiger partial charge in [-0.25, -0.2) is 9.71 Å². The molecule has 2 N–H and O–H groups in total. The SMILES string of the molecule is Cc1cccc(CC(NSc2cccc(NC(=O)c3ccccc3)c2)c2nc3ccccc3s2)c1. The molecule has 4 aromatic carbocycles. The average molecular weight is 496 g/mol. The zero-order valence-electron chi connectivity index (χ0n) is 19.3. The summed E-state index contributed by atoms with van der Waals surface area (Å²) in [6, 6.07) is 34.0. The highest BCUT2D eigenvalue weighted by Gasteiger charge is 2.18. The lowest BCUT2D eigenvalue weighted by atomic mass is 10.0. The van der Waals surface area contributed by atoms with Gasteiger partial charge in [0.1, 0.15) is 5.01 Å². The van der Waals surface area contributed by atoms with Crippen LogP contribution < -0.4 is 10.0 Å². The van der Waals surface area contributed by atoms with Gasteiger partial charge in [-0.15, -0.1) is 11.3 Å². The molecule has 0 saturated carbocycles. The largest absolute Gasteiger partial charge is 0.322 e. The van der Waals surface area contributed by atoms with Gasteiger partial charge in [0.25, 0.3) is 5.91 Å². The van der Waals surface area contributed by atoms with Gasteiger partial charge in [-0.3, -0.25) is 4.79 Å². The van der Waals surface area contributed by atoms with Gasteiger partial charge >= 0.3 is 0 Å². The predicted octanol–water partition coefficient (Wildman–Crippen LogP) is 7.44. The quantitative estimate of drug-likeness (QED) is 0.220. The molecule has 0 bridgehead atoms. The number of aryl methyl sites for hydroxylation is 1. The number of amides is 1. The summed E-state index contributed by atoms with van der Waals surface area (Å²) in [6.07, 6.45) is 0.832. The lowest BCUT2D eigenvalue weighted by molar-refractivity contribution is 0.102. The maximum atomic E-state index is 12.6. The Kier molecular flexibility index (Phi) is 7.23. The van der Waals surface area contributed by atoms with Gasteiger partial charge in [0, 0.05) is 16.1 Å². The first-order valence-corrected chi connectivity index (χ1v) is 13.1. The van der Waals surface area contributed by atoms with E-state index in [2.05, 4.69) is 59.4 Å². The molecular formula is C29H25N3OS2. The number of benzene rings is 4. The molecule has 0 aliphatic heterocycles. The zero-order valence-corrected chi connectivity index (χ0v) is 20.9. The summed E-state index contributed by atoms with van der Waals surface area (Å²) < 4.78 is 4.83. The Balaban J connectivity index is 1.34. The molecule has 1 aromatic heterocycles. The monoisotopic (exact) mass is 495 g/mol. The van der Waals surface area contributed by atoms with Crippen molar-refractivity contribution in [2.45, 2.75) is 24.3 Å². The Morgan fingerprint density at radius 1 is 0.914 bits per heavy atom. The molecule has 5 rings (SSSR count). The lowest BCUT2D eigenvalue weighted by Crippen LogP contribution is -2.17. The van der Waals surface area contributed by atoms with Crippen LogP contribution in [0, 0.1) is 6.92 Å². The van der Waals surface area contributed by atoms with Gasteiger partial charge in [0.2, 0.25) is 0 Å². The summed E-state index contributed by atoms with van der Waals surface area (Å²) in [4.78, 5) is 18.5. The minimum absolute atomic E-state index is 0.0433. The van der Waals surface area contributed by atoms with Crippen LogP contribution in [0.1, 0.15) is 32.5 Å². The van der Waals surface area contributed by atoms with Crippen molar-refractivity contribution in [3.8, 4) is 0 Å². The van der Waals surface area contributed by atoms with E-state index in [1.165, 1.54) is 15.8 Å². The summed E-state index contributed by atoms with van der Waals surface area (Å²) in [5, 5.41) is 4.06. The van der Waals surface area contributed by atoms with Crippen molar-refractivity contribution in [3.63, 3.8) is 0 Å². The fourth-order valence-corrected chi connectivity index (χ4v) is 5.76. The number of nitrogens with one attached hydrogen (secondary N) is 2. The standard InChI is InChI=1S/C29H25N3OS2/c1-20-9-7-10-21(17-20)18-26(29-31-25-15-5-6-16-27(25)34-29)32-35-24-14-8-13-23(19-24)30-28(33)22-11-3-2-4-12-22/h2-17,19,26,32H,18H2,1H3,(H,30,33). The van der Waals surface area contributed by atoms with Crippen LogP contribution in [0.3, 0.4) is 0 Å². The van der Waals surface area contributed by atoms with Crippen LogP contribution >= 0.6 is 23.3 Å². The third-order valence-electron chi connectivity index (χ3n) is 5.58. The minimum Gasteiger partial charge on any atom is -0.322 e. The van der Waals surface area contributed by atoms with Crippen molar-refractivity contribution in [1.82, 2.24) is 9.71 Å². The smallest absolute Gasteiger partial charge is 0.255 e. The molecule has 0 saturated heterocycles. The molecule has 0 spiro atoms. The van der Waals surface area contributed by atoms with Crippen LogP contribution in [-0.2, 0) is 6.42 Å². The van der Waals surface area contributed by atoms with E-state index in [0.29, 0.717) is 5.56 Å². The van der Waals surface area contributed by atoms with E-state index in [0.717, 1.165) is 27.5 Å². The first-order chi connectivity index (χ1) is 17.1. The number of hydrogen-bond acceptors (Lipinski definition) is 5. The molecule has 1 atom stereocenters. The van der Waals surface area contributed by atoms with Gasteiger partial charge in [0.05, 0.1) is 16.3 Å². The number of fused-ring (bicyclic) bond motifs is 1. The molecule has 0 aliphatic rings. The number of hydrogen-bond donors (Lipinski definition) is 2. The number of nitrogens with zero attached hydrogens (tertiary/aromatic N) is 1. The van der Waals surface area contributed by atoms with Crippen molar-refractivity contribution >= 4 is 45.1 Å². The molecule has 0 fully saturated rings. The van der Waals surface area contributed by atoms with Gasteiger partial charge in [-0.1, -0.05) is 66.2 Å². The van der Waals surface area contributed by atoms with Crippen molar-refractivity contribution in [2.75, 3.05) is 5.32 Å². The number of carbonyl (C=O) groups is 1. The van der Waals surface area contributed by atoms with Crippen molar-refractivity contribution in [3.05, 3.63) is 125 Å². The van der Waals surface area contributed by atoms with E-state index < -0.39 is 0 Å². The third kappa shape index (κ3) is 5.98. The van der Waals surface area contributed by atoms with Crippen LogP contribution in [-0.4, -0.2) is 10.9 Å². The highest BCUT2D eigenvalue weighted by Crippen LogP contribution is 2.31. The van der Waals surface area contributed by atoms with E-state index in [9.17, 15) is 4.79 Å². The molecule has 0 aliphatic carbocycles. The van der Waals surface area contributed by atoms with Crippen LogP contribution in [0.25, 0.3) is 10.2 Å². The van der Waals surface area contributed by atoms with Gasteiger partial charge in [0.15, 0.2) is 0 Å². The fraction of sp³-hybridized carbons (Fsp3) is 0.103. The Morgan fingerprint density at radius 2 is 1.71 bits per heavy atom. The minimum atomic E-state index is -0.118. The molecule has 4 nitrogen and oxygen atoms in total. The highest BCUT2D eigenvalue weighted by molar-refractivity contribution is 7.97. The number of carbonyl (C=O) groups excluding carboxylic acids is 1. The summed E-state index contributed by atoms with van der Waals surface area (Å²) in [7, 11) is 0. The van der Waals surface area contributed by atoms with Crippen molar-refractivity contribution in [2.24, 2.45) is 0 Å². The second-order valence-corrected chi connectivity index (χ2v) is 10.3. The molecule has 1 amide bonds. The molecule has 35 heavy (non-hydrogen) atoms. The van der Waals surface area contributed by atoms with E-state index in [1.807, 2.05) is 60.7 Å². The number of para-hydroxylation sites is 1. The normalized spacial score (nSPS) is 11.9. The van der Waals surface area contributed by atoms with Gasteiger partial charge in [-0.05, 0) is 73.3 Å². The number of thiazole rings is 1. The lowest BCUT2D eigenvalue weighted by Gasteiger charge is -2.17. The van der Waals surface area contributed by atoms with E-state index in [4.69, 9.17) is 4.98 Å². The number of aromatic nitrogens is 1. The molecular weight excluding hydrogens is 470 g/mol. The molecule has 1 unspecified atom stereocenters. The molecule has 6 heteroatoms. The summed E-state index contributed by atoms with van der Waals surface area (Å²) in [5.41, 5.74) is 4.95. The third-order valence-corrected chi connectivity index (χ3v) is 7.62. The molecule has 1 heterocycles. The summed E-state index contributed by atoms with van der Waals surface area (Å²) >= 11 is 3.29. The van der Waals surface area contributed by atoms with Crippen molar-refractivity contribution in [1.29, 1.82) is 0 Å². The Morgan fingerprint density at radius 3 is 2.54 bits per heavy atom. The average Bonchev–Trinajstić information content (AvgIpc) is 3.32. The maximum Gasteiger partial charge on any atom is 0.255 e. The maximum absolute atomic E-state index is 12.6. The second kappa shape index (κ2) is 10.9. The van der Waals surface area contributed by atoms with Crippen LogP contribution in [0.5, 0.6) is 0 Å². The second-order valence-electron chi connectivity index (χ2n) is 8.33. The topological polar surface area (TPSA) is 54.0 Å². The highest BCUT2D eigenvalue weighted by atomic mass is 32.2. The zero-order chi connectivity index (χ0) is 24.0. The fourth-order valence-electron chi connectivity index (χ4n) is 3.86. The van der Waals surface area contributed by atoms with Gasteiger partial charge < -0.3 is 5.32 Å². The van der Waals surface area contributed by atoms with Crippen LogP contribution in [0.15, 0.2) is 108 Å². The molecule has 5 aromatic rings. The van der Waals surface area contributed by atoms with Crippen LogP contribution in [0.2, 0.25) is 0 Å². The van der Waals surface area contributed by atoms with E-state index in [1.54, 1.807) is 23.3 Å². The summed E-state index contributed by atoms with van der Waals surface area (Å²) in [6.45, 7) is 2.12. The van der Waals surface area contributed by atoms with Crippen LogP contribution in [0.4, 0.5) is 5.69 Å². The number of anilines is 1. The Bertz CT molecular complexity index is 1420.